The molecule has 0 saturated heterocycles. The molecule has 5 nitrogen and oxygen atoms in total. The van der Waals surface area contributed by atoms with E-state index >= 15 is 0 Å². The van der Waals surface area contributed by atoms with E-state index < -0.39 is 0 Å². The van der Waals surface area contributed by atoms with Crippen molar-refractivity contribution in [3.8, 4) is 0 Å². The zero-order valence-corrected chi connectivity index (χ0v) is 13.1. The molecule has 7 heteroatoms. The molecule has 0 bridgehead atoms. The summed E-state index contributed by atoms with van der Waals surface area (Å²) in [6, 6.07) is 5.38. The maximum Gasteiger partial charge on any atom is 0.275 e. The summed E-state index contributed by atoms with van der Waals surface area (Å²) in [5, 5.41) is 7.82. The van der Waals surface area contributed by atoms with E-state index in [0.717, 1.165) is 5.56 Å². The minimum absolute atomic E-state index is 0.141. The lowest BCUT2D eigenvalue weighted by atomic mass is 10.2. The van der Waals surface area contributed by atoms with E-state index in [9.17, 15) is 9.59 Å². The fourth-order valence-electron chi connectivity index (χ4n) is 1.61. The summed E-state index contributed by atoms with van der Waals surface area (Å²) in [5.74, 6) is -0.502. The largest absolute Gasteiger partial charge is 0.319 e. The second-order valence-electron chi connectivity index (χ2n) is 4.33. The van der Waals surface area contributed by atoms with Crippen LogP contribution < -0.4 is 10.6 Å². The van der Waals surface area contributed by atoms with E-state index in [0.29, 0.717) is 22.3 Å². The van der Waals surface area contributed by atoms with Crippen molar-refractivity contribution in [2.45, 2.75) is 20.3 Å². The number of rotatable bonds is 4. The Hall–Kier alpha value is -1.92. The van der Waals surface area contributed by atoms with Crippen LogP contribution in [0.25, 0.3) is 0 Å². The van der Waals surface area contributed by atoms with E-state index in [1.165, 1.54) is 11.3 Å². The first-order valence-corrected chi connectivity index (χ1v) is 7.59. The summed E-state index contributed by atoms with van der Waals surface area (Å²) in [7, 11) is 0. The molecule has 2 aromatic rings. The topological polar surface area (TPSA) is 71.1 Å². The maximum absolute atomic E-state index is 12.1. The van der Waals surface area contributed by atoms with Gasteiger partial charge in [0.15, 0.2) is 5.13 Å². The van der Waals surface area contributed by atoms with Crippen LogP contribution in [-0.4, -0.2) is 16.8 Å². The minimum Gasteiger partial charge on any atom is -0.319 e. The number of hydrogen-bond acceptors (Lipinski definition) is 4. The van der Waals surface area contributed by atoms with E-state index in [1.807, 2.05) is 19.1 Å². The molecule has 0 saturated carbocycles. The van der Waals surface area contributed by atoms with Crippen LogP contribution in [0.5, 0.6) is 0 Å². The van der Waals surface area contributed by atoms with Gasteiger partial charge in [-0.25, -0.2) is 4.98 Å². The first kappa shape index (κ1) is 15.5. The molecule has 0 radical (unpaired) electrons. The highest BCUT2D eigenvalue weighted by Crippen LogP contribution is 2.26. The molecule has 0 unspecified atom stereocenters. The predicted molar refractivity (Wildman–Crippen MR) is 85.2 cm³/mol. The molecule has 0 spiro atoms. The highest BCUT2D eigenvalue weighted by atomic mass is 35.5. The van der Waals surface area contributed by atoms with Gasteiger partial charge in [-0.15, -0.1) is 11.3 Å². The Kier molecular flexibility index (Phi) is 4.93. The van der Waals surface area contributed by atoms with Crippen molar-refractivity contribution in [3.05, 3.63) is 39.9 Å². The van der Waals surface area contributed by atoms with Gasteiger partial charge in [0.1, 0.15) is 5.69 Å². The first-order chi connectivity index (χ1) is 10.0. The lowest BCUT2D eigenvalue weighted by molar-refractivity contribution is -0.115. The van der Waals surface area contributed by atoms with Gasteiger partial charge in [0.2, 0.25) is 5.91 Å². The second kappa shape index (κ2) is 6.69. The Morgan fingerprint density at radius 2 is 2.10 bits per heavy atom. The summed E-state index contributed by atoms with van der Waals surface area (Å²) in [6.07, 6.45) is 0.361. The summed E-state index contributed by atoms with van der Waals surface area (Å²) in [5.41, 5.74) is 1.67. The fraction of sp³-hybridized carbons (Fsp3) is 0.214. The number of nitrogens with zero attached hydrogens (tertiary/aromatic N) is 1. The van der Waals surface area contributed by atoms with E-state index in [2.05, 4.69) is 15.6 Å². The smallest absolute Gasteiger partial charge is 0.275 e. The lowest BCUT2D eigenvalue weighted by Gasteiger charge is -2.08. The molecule has 1 aromatic heterocycles. The molecular weight excluding hydrogens is 310 g/mol. The van der Waals surface area contributed by atoms with Crippen LogP contribution in [0.3, 0.4) is 0 Å². The molecule has 2 amide bonds. The van der Waals surface area contributed by atoms with Crippen LogP contribution >= 0.6 is 22.9 Å². The molecule has 110 valence electrons. The normalized spacial score (nSPS) is 10.2. The Labute approximate surface area is 131 Å². The van der Waals surface area contributed by atoms with Crippen molar-refractivity contribution in [1.29, 1.82) is 0 Å². The number of carbonyl (C=O) groups is 2. The summed E-state index contributed by atoms with van der Waals surface area (Å²) in [6.45, 7) is 3.60. The maximum atomic E-state index is 12.1. The number of benzene rings is 1. The molecule has 0 aliphatic heterocycles. The van der Waals surface area contributed by atoms with Gasteiger partial charge in [0.25, 0.3) is 5.91 Å². The molecule has 0 aliphatic rings. The van der Waals surface area contributed by atoms with Crippen LogP contribution in [0.4, 0.5) is 10.8 Å². The number of para-hydroxylation sites is 1. The molecule has 1 heterocycles. The molecular formula is C14H14ClN3O2S. The number of thiazole rings is 1. The average molecular weight is 324 g/mol. The number of carbonyl (C=O) groups excluding carboxylic acids is 2. The zero-order valence-electron chi connectivity index (χ0n) is 11.6. The van der Waals surface area contributed by atoms with Crippen molar-refractivity contribution in [3.63, 3.8) is 0 Å². The molecule has 0 atom stereocenters. The van der Waals surface area contributed by atoms with Gasteiger partial charge in [-0.2, -0.15) is 0 Å². The van der Waals surface area contributed by atoms with Crippen LogP contribution in [0.15, 0.2) is 23.6 Å². The van der Waals surface area contributed by atoms with Crippen molar-refractivity contribution in [2.24, 2.45) is 0 Å². The Morgan fingerprint density at radius 1 is 1.33 bits per heavy atom. The van der Waals surface area contributed by atoms with Gasteiger partial charge < -0.3 is 10.6 Å². The summed E-state index contributed by atoms with van der Waals surface area (Å²) < 4.78 is 0. The van der Waals surface area contributed by atoms with Crippen molar-refractivity contribution < 1.29 is 9.59 Å². The summed E-state index contributed by atoms with van der Waals surface area (Å²) in [4.78, 5) is 27.5. The molecule has 0 fully saturated rings. The van der Waals surface area contributed by atoms with Gasteiger partial charge in [-0.1, -0.05) is 30.7 Å². The molecule has 21 heavy (non-hydrogen) atoms. The SMILES string of the molecule is CCC(=O)Nc1nc(C(=O)Nc2c(C)cccc2Cl)cs1. The number of nitrogens with one attached hydrogen (secondary N) is 2. The van der Waals surface area contributed by atoms with Crippen LogP contribution in [0.1, 0.15) is 29.4 Å². The van der Waals surface area contributed by atoms with Crippen LogP contribution in [0, 0.1) is 6.92 Å². The third kappa shape index (κ3) is 3.80. The highest BCUT2D eigenvalue weighted by Gasteiger charge is 2.14. The molecule has 1 aromatic carbocycles. The molecule has 2 rings (SSSR count). The predicted octanol–water partition coefficient (Wildman–Crippen LogP) is 3.71. The van der Waals surface area contributed by atoms with E-state index in [1.54, 1.807) is 18.4 Å². The third-order valence-corrected chi connectivity index (χ3v) is 3.84. The van der Waals surface area contributed by atoms with Crippen LogP contribution in [0.2, 0.25) is 5.02 Å². The minimum atomic E-state index is -0.362. The average Bonchev–Trinajstić information content (AvgIpc) is 2.91. The van der Waals surface area contributed by atoms with Gasteiger partial charge in [-0.3, -0.25) is 9.59 Å². The monoisotopic (exact) mass is 323 g/mol. The van der Waals surface area contributed by atoms with Gasteiger partial charge >= 0.3 is 0 Å². The number of amides is 2. The van der Waals surface area contributed by atoms with Crippen molar-refractivity contribution in [1.82, 2.24) is 4.98 Å². The van der Waals surface area contributed by atoms with Crippen molar-refractivity contribution in [2.75, 3.05) is 10.6 Å². The number of aryl methyl sites for hydroxylation is 1. The Bertz CT molecular complexity index is 664. The lowest BCUT2D eigenvalue weighted by Crippen LogP contribution is -2.14. The number of halogens is 1. The molecule has 2 N–H and O–H groups in total. The number of hydrogen-bond donors (Lipinski definition) is 2. The quantitative estimate of drug-likeness (QED) is 0.901. The number of aromatic nitrogens is 1. The van der Waals surface area contributed by atoms with Crippen LogP contribution in [-0.2, 0) is 4.79 Å². The van der Waals surface area contributed by atoms with Gasteiger partial charge in [0.05, 0.1) is 10.7 Å². The van der Waals surface area contributed by atoms with E-state index in [4.69, 9.17) is 11.6 Å². The summed E-state index contributed by atoms with van der Waals surface area (Å²) >= 11 is 7.27. The molecule has 0 aliphatic carbocycles. The Morgan fingerprint density at radius 3 is 2.76 bits per heavy atom. The zero-order chi connectivity index (χ0) is 15.4. The highest BCUT2D eigenvalue weighted by molar-refractivity contribution is 7.14. The first-order valence-electron chi connectivity index (χ1n) is 6.33. The number of anilines is 2. The standard InChI is InChI=1S/C14H14ClN3O2S/c1-3-11(19)17-14-16-10(7-21-14)13(20)18-12-8(2)5-4-6-9(12)15/h4-7H,3H2,1-2H3,(H,18,20)(H,16,17,19). The second-order valence-corrected chi connectivity index (χ2v) is 5.59. The van der Waals surface area contributed by atoms with Crippen molar-refractivity contribution >= 4 is 45.6 Å². The Balaban J connectivity index is 2.12. The third-order valence-electron chi connectivity index (χ3n) is 2.76. The van der Waals surface area contributed by atoms with E-state index in [-0.39, 0.29) is 17.5 Å². The van der Waals surface area contributed by atoms with Gasteiger partial charge in [0, 0.05) is 11.8 Å². The van der Waals surface area contributed by atoms with Gasteiger partial charge in [-0.05, 0) is 18.6 Å². The fourth-order valence-corrected chi connectivity index (χ4v) is 2.59.